The van der Waals surface area contributed by atoms with Gasteiger partial charge in [0.05, 0.1) is 0 Å². The summed E-state index contributed by atoms with van der Waals surface area (Å²) >= 11 is 0. The lowest BCUT2D eigenvalue weighted by atomic mass is 10.1. The Balaban J connectivity index is 3.68. The van der Waals surface area contributed by atoms with Crippen LogP contribution in [-0.2, 0) is 8.85 Å². The maximum absolute atomic E-state index is 6.18. The first kappa shape index (κ1) is 22.9. The van der Waals surface area contributed by atoms with Crippen molar-refractivity contribution >= 4 is 8.56 Å². The third kappa shape index (κ3) is 14.0. The van der Waals surface area contributed by atoms with Gasteiger partial charge in [0.15, 0.2) is 0 Å². The van der Waals surface area contributed by atoms with Crippen LogP contribution in [0.5, 0.6) is 0 Å². The van der Waals surface area contributed by atoms with Crippen molar-refractivity contribution in [1.82, 2.24) is 0 Å². The Labute approximate surface area is 147 Å². The summed E-state index contributed by atoms with van der Waals surface area (Å²) in [5.41, 5.74) is 1.93. The van der Waals surface area contributed by atoms with Gasteiger partial charge in [-0.05, 0) is 37.9 Å². The van der Waals surface area contributed by atoms with Crippen LogP contribution in [-0.4, -0.2) is 21.3 Å². The molecule has 3 heteroatoms. The summed E-state index contributed by atoms with van der Waals surface area (Å²) in [7, 11) is -2.18. The molecule has 0 spiro atoms. The van der Waals surface area contributed by atoms with Gasteiger partial charge in [-0.3, -0.25) is 0 Å². The second-order valence-electron chi connectivity index (χ2n) is 7.45. The van der Waals surface area contributed by atoms with E-state index in [1.54, 1.807) is 0 Å². The minimum atomic E-state index is -2.18. The Morgan fingerprint density at radius 3 is 1.91 bits per heavy atom. The highest BCUT2D eigenvalue weighted by Crippen LogP contribution is 2.17. The average molecular weight is 343 g/mol. The first-order valence-corrected chi connectivity index (χ1v) is 12.3. The zero-order valence-electron chi connectivity index (χ0n) is 16.5. The van der Waals surface area contributed by atoms with E-state index in [-0.39, 0.29) is 6.10 Å². The first-order chi connectivity index (χ1) is 10.9. The monoisotopic (exact) mass is 342 g/mol. The Bertz CT molecular complexity index is 281. The molecule has 0 aromatic heterocycles. The van der Waals surface area contributed by atoms with Crippen LogP contribution in [0.4, 0.5) is 0 Å². The van der Waals surface area contributed by atoms with E-state index in [9.17, 15) is 0 Å². The molecule has 0 aliphatic carbocycles. The minimum Gasteiger partial charge on any atom is -0.391 e. The highest BCUT2D eigenvalue weighted by Gasteiger charge is 2.29. The Morgan fingerprint density at radius 1 is 0.913 bits per heavy atom. The standard InChI is InChI=1S/C20H42O2Si/c1-7-9-10-11-12-13-14-15-16-17-21-23(6,8-2)22-20(5)18-19(3)4/h8,19-20H,2,7,9-18H2,1,3-6H3. The van der Waals surface area contributed by atoms with Gasteiger partial charge in [0, 0.05) is 12.7 Å². The van der Waals surface area contributed by atoms with Crippen molar-refractivity contribution in [3.8, 4) is 0 Å². The summed E-state index contributed by atoms with van der Waals surface area (Å²) < 4.78 is 12.3. The molecule has 0 heterocycles. The highest BCUT2D eigenvalue weighted by atomic mass is 28.4. The van der Waals surface area contributed by atoms with E-state index in [1.807, 2.05) is 5.70 Å². The van der Waals surface area contributed by atoms with Crippen LogP contribution in [0.1, 0.15) is 91.9 Å². The smallest absolute Gasteiger partial charge is 0.361 e. The van der Waals surface area contributed by atoms with E-state index < -0.39 is 8.56 Å². The van der Waals surface area contributed by atoms with E-state index in [4.69, 9.17) is 8.85 Å². The zero-order chi connectivity index (χ0) is 17.6. The van der Waals surface area contributed by atoms with E-state index in [2.05, 4.69) is 40.8 Å². The minimum absolute atomic E-state index is 0.257. The van der Waals surface area contributed by atoms with Crippen molar-refractivity contribution in [1.29, 1.82) is 0 Å². The Hall–Kier alpha value is -0.123. The van der Waals surface area contributed by atoms with Crippen LogP contribution in [0.25, 0.3) is 0 Å². The fraction of sp³-hybridized carbons (Fsp3) is 0.900. The van der Waals surface area contributed by atoms with Gasteiger partial charge in [-0.2, -0.15) is 0 Å². The van der Waals surface area contributed by atoms with Gasteiger partial charge >= 0.3 is 8.56 Å². The van der Waals surface area contributed by atoms with Gasteiger partial charge in [0.25, 0.3) is 0 Å². The summed E-state index contributed by atoms with van der Waals surface area (Å²) in [6.07, 6.45) is 13.4. The van der Waals surface area contributed by atoms with Crippen LogP contribution in [0.3, 0.4) is 0 Å². The molecule has 0 fully saturated rings. The third-order valence-electron chi connectivity index (χ3n) is 4.25. The van der Waals surface area contributed by atoms with Crippen LogP contribution >= 0.6 is 0 Å². The normalized spacial score (nSPS) is 15.6. The van der Waals surface area contributed by atoms with Crippen LogP contribution in [0, 0.1) is 5.92 Å². The Kier molecular flexibility index (Phi) is 14.2. The average Bonchev–Trinajstić information content (AvgIpc) is 2.48. The van der Waals surface area contributed by atoms with Gasteiger partial charge in [0.2, 0.25) is 0 Å². The molecule has 0 aromatic rings. The lowest BCUT2D eigenvalue weighted by molar-refractivity contribution is 0.119. The van der Waals surface area contributed by atoms with E-state index >= 15 is 0 Å². The molecule has 0 aliphatic heterocycles. The molecule has 0 N–H and O–H groups in total. The van der Waals surface area contributed by atoms with Crippen LogP contribution < -0.4 is 0 Å². The van der Waals surface area contributed by atoms with Crippen molar-refractivity contribution in [3.63, 3.8) is 0 Å². The molecule has 2 nitrogen and oxygen atoms in total. The highest BCUT2D eigenvalue weighted by molar-refractivity contribution is 6.71. The van der Waals surface area contributed by atoms with Crippen molar-refractivity contribution in [2.24, 2.45) is 5.92 Å². The predicted octanol–water partition coefficient (Wildman–Crippen LogP) is 6.78. The van der Waals surface area contributed by atoms with Crippen molar-refractivity contribution < 1.29 is 8.85 Å². The molecule has 138 valence electrons. The maximum Gasteiger partial charge on any atom is 0.361 e. The quantitative estimate of drug-likeness (QED) is 0.227. The summed E-state index contributed by atoms with van der Waals surface area (Å²) in [5.74, 6) is 0.658. The second-order valence-corrected chi connectivity index (χ2v) is 10.4. The zero-order valence-corrected chi connectivity index (χ0v) is 17.5. The SMILES string of the molecule is C=C[Si](C)(OCCCCCCCCCCC)OC(C)CC(C)C. The van der Waals surface area contributed by atoms with Gasteiger partial charge < -0.3 is 8.85 Å². The number of unbranched alkanes of at least 4 members (excludes halogenated alkanes) is 8. The summed E-state index contributed by atoms with van der Waals surface area (Å²) in [6, 6.07) is 0. The van der Waals surface area contributed by atoms with E-state index in [0.717, 1.165) is 19.4 Å². The molecule has 0 saturated carbocycles. The lowest BCUT2D eigenvalue weighted by Gasteiger charge is -2.28. The fourth-order valence-electron chi connectivity index (χ4n) is 2.94. The molecule has 0 saturated heterocycles. The molecule has 23 heavy (non-hydrogen) atoms. The summed E-state index contributed by atoms with van der Waals surface area (Å²) in [6.45, 7) is 15.8. The van der Waals surface area contributed by atoms with Crippen LogP contribution in [0.15, 0.2) is 12.3 Å². The molecular formula is C20H42O2Si. The Morgan fingerprint density at radius 2 is 1.43 bits per heavy atom. The summed E-state index contributed by atoms with van der Waals surface area (Å²) in [4.78, 5) is 0. The first-order valence-electron chi connectivity index (χ1n) is 9.89. The maximum atomic E-state index is 6.18. The topological polar surface area (TPSA) is 18.5 Å². The molecule has 2 unspecified atom stereocenters. The number of hydrogen-bond acceptors (Lipinski definition) is 2. The molecule has 0 rings (SSSR count). The largest absolute Gasteiger partial charge is 0.391 e. The van der Waals surface area contributed by atoms with Gasteiger partial charge in [-0.1, -0.05) is 72.1 Å². The molecule has 0 amide bonds. The molecule has 0 aliphatic rings. The summed E-state index contributed by atoms with van der Waals surface area (Å²) in [5, 5.41) is 0. The van der Waals surface area contributed by atoms with Crippen LogP contribution in [0.2, 0.25) is 6.55 Å². The molecule has 0 bridgehead atoms. The van der Waals surface area contributed by atoms with E-state index in [0.29, 0.717) is 5.92 Å². The van der Waals surface area contributed by atoms with Crippen molar-refractivity contribution in [2.75, 3.05) is 6.61 Å². The molecule has 2 atom stereocenters. The van der Waals surface area contributed by atoms with Gasteiger partial charge in [-0.15, -0.1) is 6.58 Å². The number of hydrogen-bond donors (Lipinski definition) is 0. The van der Waals surface area contributed by atoms with Gasteiger partial charge in [-0.25, -0.2) is 0 Å². The predicted molar refractivity (Wildman–Crippen MR) is 105 cm³/mol. The van der Waals surface area contributed by atoms with Gasteiger partial charge in [0.1, 0.15) is 0 Å². The second kappa shape index (κ2) is 14.2. The number of rotatable bonds is 16. The third-order valence-corrected chi connectivity index (χ3v) is 6.64. The van der Waals surface area contributed by atoms with E-state index in [1.165, 1.54) is 51.4 Å². The molecule has 0 aromatic carbocycles. The van der Waals surface area contributed by atoms with Crippen molar-refractivity contribution in [3.05, 3.63) is 12.3 Å². The fourth-order valence-corrected chi connectivity index (χ4v) is 4.67. The lowest BCUT2D eigenvalue weighted by Crippen LogP contribution is -2.40. The van der Waals surface area contributed by atoms with Crippen molar-refractivity contribution in [2.45, 2.75) is 105 Å². The molecule has 0 radical (unpaired) electrons. The molecular weight excluding hydrogens is 300 g/mol.